The number of nitrogens with zero attached hydrogens (tertiary/aromatic N) is 2. The van der Waals surface area contributed by atoms with E-state index in [0.29, 0.717) is 6.54 Å². The molecule has 106 valence electrons. The summed E-state index contributed by atoms with van der Waals surface area (Å²) in [7, 11) is 1.68. The van der Waals surface area contributed by atoms with Gasteiger partial charge in [-0.05, 0) is 14.0 Å². The maximum absolute atomic E-state index is 12.1. The van der Waals surface area contributed by atoms with Crippen LogP contribution in [0.25, 0.3) is 0 Å². The largest absolute Gasteiger partial charge is 0.481 e. The molecule has 2 saturated heterocycles. The van der Waals surface area contributed by atoms with E-state index in [9.17, 15) is 14.4 Å². The molecule has 2 aliphatic rings. The van der Waals surface area contributed by atoms with Crippen LogP contribution in [-0.4, -0.2) is 71.6 Å². The molecule has 0 bridgehead atoms. The summed E-state index contributed by atoms with van der Waals surface area (Å²) < 4.78 is 5.19. The van der Waals surface area contributed by atoms with Crippen LogP contribution >= 0.6 is 0 Å². The van der Waals surface area contributed by atoms with Gasteiger partial charge in [-0.1, -0.05) is 0 Å². The molecule has 0 radical (unpaired) electrons. The molecule has 19 heavy (non-hydrogen) atoms. The van der Waals surface area contributed by atoms with E-state index in [4.69, 9.17) is 9.84 Å². The summed E-state index contributed by atoms with van der Waals surface area (Å²) in [5, 5.41) is 9.12. The van der Waals surface area contributed by atoms with E-state index in [1.807, 2.05) is 0 Å². The van der Waals surface area contributed by atoms with Gasteiger partial charge in [0.15, 0.2) is 0 Å². The number of carboxylic acids is 1. The standard InChI is InChI=1S/C12H18N2O5/c1-3-14-10(15)4-8(11(14)16)13(2)9-6-19-5-7(9)12(17)18/h7-9H,3-6H2,1-2H3,(H,17,18). The van der Waals surface area contributed by atoms with Gasteiger partial charge in [0.25, 0.3) is 0 Å². The van der Waals surface area contributed by atoms with Gasteiger partial charge in [0.2, 0.25) is 11.8 Å². The third kappa shape index (κ3) is 2.35. The van der Waals surface area contributed by atoms with Crippen molar-refractivity contribution in [3.63, 3.8) is 0 Å². The van der Waals surface area contributed by atoms with Crippen LogP contribution in [0.3, 0.4) is 0 Å². The first-order chi connectivity index (χ1) is 8.97. The Kier molecular flexibility index (Phi) is 3.86. The Balaban J connectivity index is 2.12. The van der Waals surface area contributed by atoms with Crippen molar-refractivity contribution in [3.05, 3.63) is 0 Å². The van der Waals surface area contributed by atoms with Gasteiger partial charge in [-0.3, -0.25) is 24.2 Å². The van der Waals surface area contributed by atoms with Crippen LogP contribution in [0.5, 0.6) is 0 Å². The van der Waals surface area contributed by atoms with Gasteiger partial charge in [0, 0.05) is 12.6 Å². The number of hydrogen-bond acceptors (Lipinski definition) is 5. The Bertz CT molecular complexity index is 411. The predicted octanol–water partition coefficient (Wildman–Crippen LogP) is -0.835. The maximum Gasteiger partial charge on any atom is 0.310 e. The van der Waals surface area contributed by atoms with Crippen molar-refractivity contribution in [1.82, 2.24) is 9.80 Å². The van der Waals surface area contributed by atoms with Gasteiger partial charge < -0.3 is 9.84 Å². The van der Waals surface area contributed by atoms with Crippen LogP contribution in [0, 0.1) is 5.92 Å². The number of likely N-dealkylation sites (tertiary alicyclic amines) is 1. The van der Waals surface area contributed by atoms with Crippen LogP contribution in [0.1, 0.15) is 13.3 Å². The number of amides is 2. The normalized spacial score (nSPS) is 31.5. The minimum absolute atomic E-state index is 0.117. The van der Waals surface area contributed by atoms with E-state index >= 15 is 0 Å². The van der Waals surface area contributed by atoms with Crippen molar-refractivity contribution < 1.29 is 24.2 Å². The zero-order valence-corrected chi connectivity index (χ0v) is 11.0. The van der Waals surface area contributed by atoms with Crippen molar-refractivity contribution in [1.29, 1.82) is 0 Å². The Morgan fingerprint density at radius 2 is 2.16 bits per heavy atom. The summed E-state index contributed by atoms with van der Waals surface area (Å²) in [4.78, 5) is 37.8. The summed E-state index contributed by atoms with van der Waals surface area (Å²) in [6.45, 7) is 2.52. The highest BCUT2D eigenvalue weighted by molar-refractivity contribution is 6.05. The van der Waals surface area contributed by atoms with Gasteiger partial charge in [0.05, 0.1) is 31.6 Å². The van der Waals surface area contributed by atoms with Crippen molar-refractivity contribution >= 4 is 17.8 Å². The molecule has 0 aromatic rings. The van der Waals surface area contributed by atoms with E-state index in [1.54, 1.807) is 18.9 Å². The van der Waals surface area contributed by atoms with Gasteiger partial charge >= 0.3 is 5.97 Å². The molecule has 0 aromatic carbocycles. The first-order valence-electron chi connectivity index (χ1n) is 6.34. The molecule has 7 heteroatoms. The van der Waals surface area contributed by atoms with E-state index in [2.05, 4.69) is 0 Å². The Morgan fingerprint density at radius 1 is 1.47 bits per heavy atom. The number of likely N-dealkylation sites (N-methyl/N-ethyl adjacent to an activating group) is 2. The van der Waals surface area contributed by atoms with E-state index in [-0.39, 0.29) is 37.5 Å². The highest BCUT2D eigenvalue weighted by atomic mass is 16.5. The second-order valence-corrected chi connectivity index (χ2v) is 4.91. The third-order valence-electron chi connectivity index (χ3n) is 3.92. The Labute approximate surface area is 111 Å². The number of imide groups is 1. The summed E-state index contributed by atoms with van der Waals surface area (Å²) in [6.07, 6.45) is 0.117. The number of carboxylic acid groups (broad SMARTS) is 1. The number of hydrogen-bond donors (Lipinski definition) is 1. The Morgan fingerprint density at radius 3 is 2.68 bits per heavy atom. The molecule has 2 aliphatic heterocycles. The molecule has 0 saturated carbocycles. The first kappa shape index (κ1) is 14.0. The lowest BCUT2D eigenvalue weighted by atomic mass is 10.0. The fourth-order valence-corrected chi connectivity index (χ4v) is 2.73. The van der Waals surface area contributed by atoms with Crippen molar-refractivity contribution in [3.8, 4) is 0 Å². The molecule has 2 heterocycles. The topological polar surface area (TPSA) is 87.2 Å². The Hall–Kier alpha value is -1.47. The van der Waals surface area contributed by atoms with Crippen molar-refractivity contribution in [2.45, 2.75) is 25.4 Å². The lowest BCUT2D eigenvalue weighted by molar-refractivity contribution is -0.145. The number of rotatable bonds is 4. The number of aliphatic carboxylic acids is 1. The smallest absolute Gasteiger partial charge is 0.310 e. The first-order valence-corrected chi connectivity index (χ1v) is 6.34. The third-order valence-corrected chi connectivity index (χ3v) is 3.92. The summed E-state index contributed by atoms with van der Waals surface area (Å²) in [5.41, 5.74) is 0. The number of ether oxygens (including phenoxy) is 1. The molecule has 2 fully saturated rings. The zero-order chi connectivity index (χ0) is 14.2. The molecule has 1 N–H and O–H groups in total. The van der Waals surface area contributed by atoms with E-state index < -0.39 is 17.9 Å². The second-order valence-electron chi connectivity index (χ2n) is 4.91. The van der Waals surface area contributed by atoms with E-state index in [1.165, 1.54) is 4.90 Å². The average Bonchev–Trinajstić information content (AvgIpc) is 2.93. The zero-order valence-electron chi connectivity index (χ0n) is 11.0. The summed E-state index contributed by atoms with van der Waals surface area (Å²) in [5.74, 6) is -2.02. The molecule has 2 rings (SSSR count). The molecule has 0 aliphatic carbocycles. The molecule has 0 spiro atoms. The predicted molar refractivity (Wildman–Crippen MR) is 64.3 cm³/mol. The fourth-order valence-electron chi connectivity index (χ4n) is 2.73. The summed E-state index contributed by atoms with van der Waals surface area (Å²) >= 11 is 0. The van der Waals surface area contributed by atoms with Crippen LogP contribution in [0.15, 0.2) is 0 Å². The van der Waals surface area contributed by atoms with Crippen LogP contribution < -0.4 is 0 Å². The average molecular weight is 270 g/mol. The highest BCUT2D eigenvalue weighted by Crippen LogP contribution is 2.25. The van der Waals surface area contributed by atoms with Gasteiger partial charge in [-0.25, -0.2) is 0 Å². The van der Waals surface area contributed by atoms with Crippen LogP contribution in [0.4, 0.5) is 0 Å². The quantitative estimate of drug-likeness (QED) is 0.671. The molecule has 7 nitrogen and oxygen atoms in total. The molecular formula is C12H18N2O5. The van der Waals surface area contributed by atoms with Gasteiger partial charge in [0.1, 0.15) is 0 Å². The minimum atomic E-state index is -0.932. The lowest BCUT2D eigenvalue weighted by Gasteiger charge is -2.30. The number of carbonyl (C=O) groups is 3. The molecule has 0 aromatic heterocycles. The molecular weight excluding hydrogens is 252 g/mol. The number of carbonyl (C=O) groups excluding carboxylic acids is 2. The van der Waals surface area contributed by atoms with Crippen LogP contribution in [-0.2, 0) is 19.1 Å². The molecule has 3 unspecified atom stereocenters. The van der Waals surface area contributed by atoms with Gasteiger partial charge in [-0.15, -0.1) is 0 Å². The minimum Gasteiger partial charge on any atom is -0.481 e. The highest BCUT2D eigenvalue weighted by Gasteiger charge is 2.46. The maximum atomic E-state index is 12.1. The van der Waals surface area contributed by atoms with Crippen molar-refractivity contribution in [2.75, 3.05) is 26.8 Å². The second kappa shape index (κ2) is 5.26. The van der Waals surface area contributed by atoms with Crippen molar-refractivity contribution in [2.24, 2.45) is 5.92 Å². The van der Waals surface area contributed by atoms with Crippen LogP contribution in [0.2, 0.25) is 0 Å². The molecule has 3 atom stereocenters. The van der Waals surface area contributed by atoms with E-state index in [0.717, 1.165) is 0 Å². The fraction of sp³-hybridized carbons (Fsp3) is 0.750. The lowest BCUT2D eigenvalue weighted by Crippen LogP contribution is -2.49. The monoisotopic (exact) mass is 270 g/mol. The van der Waals surface area contributed by atoms with Gasteiger partial charge in [-0.2, -0.15) is 0 Å². The summed E-state index contributed by atoms with van der Waals surface area (Å²) in [6, 6.07) is -0.933. The SMILES string of the molecule is CCN1C(=O)CC(N(C)C2COCC2C(=O)O)C1=O. The molecule has 2 amide bonds.